The third kappa shape index (κ3) is 4.87. The molecule has 1 N–H and O–H groups in total. The molecule has 0 bridgehead atoms. The zero-order chi connectivity index (χ0) is 12.6. The van der Waals surface area contributed by atoms with Gasteiger partial charge in [-0.15, -0.1) is 0 Å². The van der Waals surface area contributed by atoms with E-state index in [9.17, 15) is 0 Å². The van der Waals surface area contributed by atoms with Gasteiger partial charge >= 0.3 is 0 Å². The number of nitrogens with zero attached hydrogens (tertiary/aromatic N) is 1. The van der Waals surface area contributed by atoms with Gasteiger partial charge in [-0.2, -0.15) is 0 Å². The van der Waals surface area contributed by atoms with Crippen molar-refractivity contribution in [3.05, 3.63) is 0 Å². The minimum atomic E-state index is 0.744. The summed E-state index contributed by atoms with van der Waals surface area (Å²) < 4.78 is 5.55. The molecular formula is C15H30N2O. The van der Waals surface area contributed by atoms with Crippen molar-refractivity contribution in [3.63, 3.8) is 0 Å². The predicted molar refractivity (Wildman–Crippen MR) is 75.9 cm³/mol. The van der Waals surface area contributed by atoms with Crippen LogP contribution in [-0.2, 0) is 4.74 Å². The molecule has 0 aromatic heterocycles. The van der Waals surface area contributed by atoms with Gasteiger partial charge in [0, 0.05) is 19.2 Å². The fourth-order valence-electron chi connectivity index (χ4n) is 3.20. The lowest BCUT2D eigenvalue weighted by molar-refractivity contribution is 0.0536. The molecular weight excluding hydrogens is 224 g/mol. The second-order valence-corrected chi connectivity index (χ2v) is 5.96. The third-order valence-electron chi connectivity index (χ3n) is 4.31. The minimum Gasteiger partial charge on any atom is -0.381 e. The normalized spacial score (nSPS) is 31.2. The second kappa shape index (κ2) is 8.13. The first kappa shape index (κ1) is 14.3. The molecule has 0 aromatic rings. The lowest BCUT2D eigenvalue weighted by Gasteiger charge is -2.25. The van der Waals surface area contributed by atoms with Gasteiger partial charge in [-0.25, -0.2) is 0 Å². The number of hydrogen-bond acceptors (Lipinski definition) is 3. The highest BCUT2D eigenvalue weighted by molar-refractivity contribution is 4.76. The molecule has 2 aliphatic rings. The van der Waals surface area contributed by atoms with Crippen LogP contribution < -0.4 is 5.32 Å². The van der Waals surface area contributed by atoms with Gasteiger partial charge in [0.15, 0.2) is 0 Å². The Morgan fingerprint density at radius 2 is 2.11 bits per heavy atom. The lowest BCUT2D eigenvalue weighted by atomic mass is 10.0. The molecule has 2 heterocycles. The van der Waals surface area contributed by atoms with Gasteiger partial charge in [0.25, 0.3) is 0 Å². The molecule has 0 radical (unpaired) electrons. The molecule has 3 nitrogen and oxygen atoms in total. The molecule has 106 valence electrons. The molecule has 2 unspecified atom stereocenters. The van der Waals surface area contributed by atoms with Crippen molar-refractivity contribution in [1.29, 1.82) is 0 Å². The van der Waals surface area contributed by atoms with Crippen molar-refractivity contribution < 1.29 is 4.74 Å². The van der Waals surface area contributed by atoms with Gasteiger partial charge in [0.2, 0.25) is 0 Å². The monoisotopic (exact) mass is 254 g/mol. The van der Waals surface area contributed by atoms with Crippen LogP contribution in [0.1, 0.15) is 45.4 Å². The van der Waals surface area contributed by atoms with E-state index in [1.54, 1.807) is 0 Å². The summed E-state index contributed by atoms with van der Waals surface area (Å²) in [6.45, 7) is 9.27. The van der Waals surface area contributed by atoms with Crippen molar-refractivity contribution in [2.45, 2.75) is 51.5 Å². The molecule has 0 aromatic carbocycles. The van der Waals surface area contributed by atoms with Crippen LogP contribution in [0.3, 0.4) is 0 Å². The van der Waals surface area contributed by atoms with Gasteiger partial charge < -0.3 is 15.0 Å². The maximum Gasteiger partial charge on any atom is 0.0506 e. The molecule has 0 saturated carbocycles. The number of nitrogens with one attached hydrogen (secondary N) is 1. The summed E-state index contributed by atoms with van der Waals surface area (Å²) in [5.41, 5.74) is 0. The number of hydrogen-bond donors (Lipinski definition) is 1. The summed E-state index contributed by atoms with van der Waals surface area (Å²) in [5, 5.41) is 3.79. The summed E-state index contributed by atoms with van der Waals surface area (Å²) in [4.78, 5) is 2.63. The highest BCUT2D eigenvalue weighted by Gasteiger charge is 2.19. The highest BCUT2D eigenvalue weighted by atomic mass is 16.5. The zero-order valence-corrected chi connectivity index (χ0v) is 12.0. The van der Waals surface area contributed by atoms with E-state index < -0.39 is 0 Å². The van der Waals surface area contributed by atoms with E-state index in [1.165, 1.54) is 64.7 Å². The zero-order valence-electron chi connectivity index (χ0n) is 12.0. The van der Waals surface area contributed by atoms with Gasteiger partial charge in [0.05, 0.1) is 6.61 Å². The highest BCUT2D eigenvalue weighted by Crippen LogP contribution is 2.15. The van der Waals surface area contributed by atoms with Gasteiger partial charge in [-0.05, 0) is 64.1 Å². The SMILES string of the molecule is CCCN1CCCC(NCC2CCCOC2)CC1. The first-order valence-corrected chi connectivity index (χ1v) is 7.92. The summed E-state index contributed by atoms with van der Waals surface area (Å²) in [6.07, 6.45) is 7.93. The molecule has 0 spiro atoms. The first-order valence-electron chi connectivity index (χ1n) is 7.92. The van der Waals surface area contributed by atoms with Crippen LogP contribution >= 0.6 is 0 Å². The van der Waals surface area contributed by atoms with Crippen molar-refractivity contribution in [3.8, 4) is 0 Å². The second-order valence-electron chi connectivity index (χ2n) is 5.96. The predicted octanol–water partition coefficient (Wildman–Crippen LogP) is 2.27. The van der Waals surface area contributed by atoms with Crippen LogP contribution in [0.15, 0.2) is 0 Å². The molecule has 2 saturated heterocycles. The number of ether oxygens (including phenoxy) is 1. The van der Waals surface area contributed by atoms with Crippen LogP contribution in [0.4, 0.5) is 0 Å². The smallest absolute Gasteiger partial charge is 0.0506 e. The van der Waals surface area contributed by atoms with Crippen molar-refractivity contribution in [1.82, 2.24) is 10.2 Å². The maximum absolute atomic E-state index is 5.55. The van der Waals surface area contributed by atoms with Crippen LogP contribution in [-0.4, -0.2) is 50.3 Å². The van der Waals surface area contributed by atoms with Crippen LogP contribution in [0, 0.1) is 5.92 Å². The molecule has 0 amide bonds. The summed E-state index contributed by atoms with van der Waals surface area (Å²) in [7, 11) is 0. The topological polar surface area (TPSA) is 24.5 Å². The average molecular weight is 254 g/mol. The lowest BCUT2D eigenvalue weighted by Crippen LogP contribution is -2.37. The number of likely N-dealkylation sites (tertiary alicyclic amines) is 1. The molecule has 2 rings (SSSR count). The molecule has 18 heavy (non-hydrogen) atoms. The Morgan fingerprint density at radius 1 is 1.17 bits per heavy atom. The van der Waals surface area contributed by atoms with E-state index in [2.05, 4.69) is 17.1 Å². The standard InChI is InChI=1S/C15H30N2O/c1-2-8-17-9-3-6-15(7-10-17)16-12-14-5-4-11-18-13-14/h14-16H,2-13H2,1H3. The van der Waals surface area contributed by atoms with Crippen LogP contribution in [0.2, 0.25) is 0 Å². The van der Waals surface area contributed by atoms with E-state index in [-0.39, 0.29) is 0 Å². The Hall–Kier alpha value is -0.120. The van der Waals surface area contributed by atoms with E-state index in [0.29, 0.717) is 0 Å². The van der Waals surface area contributed by atoms with E-state index in [1.807, 2.05) is 0 Å². The minimum absolute atomic E-state index is 0.744. The van der Waals surface area contributed by atoms with Gasteiger partial charge in [-0.1, -0.05) is 6.92 Å². The average Bonchev–Trinajstić information content (AvgIpc) is 2.64. The van der Waals surface area contributed by atoms with E-state index in [0.717, 1.165) is 25.2 Å². The summed E-state index contributed by atoms with van der Waals surface area (Å²) in [5.74, 6) is 0.758. The Balaban J connectivity index is 1.63. The molecule has 2 aliphatic heterocycles. The van der Waals surface area contributed by atoms with Crippen molar-refractivity contribution in [2.24, 2.45) is 5.92 Å². The Morgan fingerprint density at radius 3 is 2.89 bits per heavy atom. The van der Waals surface area contributed by atoms with Crippen molar-refractivity contribution in [2.75, 3.05) is 39.4 Å². The largest absolute Gasteiger partial charge is 0.381 e. The van der Waals surface area contributed by atoms with Crippen LogP contribution in [0.25, 0.3) is 0 Å². The Kier molecular flexibility index (Phi) is 6.46. The molecule has 2 fully saturated rings. The van der Waals surface area contributed by atoms with Crippen molar-refractivity contribution >= 4 is 0 Å². The number of rotatable bonds is 5. The summed E-state index contributed by atoms with van der Waals surface area (Å²) in [6, 6.07) is 0.744. The van der Waals surface area contributed by atoms with Crippen LogP contribution in [0.5, 0.6) is 0 Å². The van der Waals surface area contributed by atoms with E-state index in [4.69, 9.17) is 4.74 Å². The Bertz CT molecular complexity index is 217. The van der Waals surface area contributed by atoms with Gasteiger partial charge in [0.1, 0.15) is 0 Å². The molecule has 3 heteroatoms. The quantitative estimate of drug-likeness (QED) is 0.814. The fourth-order valence-corrected chi connectivity index (χ4v) is 3.20. The Labute approximate surface area is 112 Å². The van der Waals surface area contributed by atoms with E-state index >= 15 is 0 Å². The van der Waals surface area contributed by atoms with Gasteiger partial charge in [-0.3, -0.25) is 0 Å². The maximum atomic E-state index is 5.55. The molecule has 0 aliphatic carbocycles. The summed E-state index contributed by atoms with van der Waals surface area (Å²) >= 11 is 0. The third-order valence-corrected chi connectivity index (χ3v) is 4.31. The first-order chi connectivity index (χ1) is 8.88. The fraction of sp³-hybridized carbons (Fsp3) is 1.00. The molecule has 2 atom stereocenters.